The third kappa shape index (κ3) is 2.79. The van der Waals surface area contributed by atoms with Gasteiger partial charge in [0.15, 0.2) is 6.61 Å². The fraction of sp³-hybridized carbons (Fsp3) is 0.176. The van der Waals surface area contributed by atoms with Gasteiger partial charge in [-0.15, -0.1) is 0 Å². The molecule has 0 heterocycles. The molecule has 0 spiro atoms. The second-order valence-electron chi connectivity index (χ2n) is 5.03. The van der Waals surface area contributed by atoms with E-state index < -0.39 is 5.97 Å². The van der Waals surface area contributed by atoms with Crippen molar-refractivity contribution in [2.75, 3.05) is 11.9 Å². The molecule has 1 N–H and O–H groups in total. The molecule has 0 unspecified atom stereocenters. The zero-order chi connectivity index (χ0) is 14.8. The van der Waals surface area contributed by atoms with Gasteiger partial charge in [0.05, 0.1) is 0 Å². The monoisotopic (exact) mass is 281 g/mol. The Morgan fingerprint density at radius 3 is 2.67 bits per heavy atom. The molecule has 0 atom stereocenters. The number of nitrogens with one attached hydrogen (secondary N) is 1. The van der Waals surface area contributed by atoms with E-state index in [2.05, 4.69) is 22.2 Å². The number of carbonyl (C=O) groups is 2. The van der Waals surface area contributed by atoms with Gasteiger partial charge in [0.2, 0.25) is 0 Å². The lowest BCUT2D eigenvalue weighted by Gasteiger charge is -2.07. The molecule has 0 fully saturated rings. The lowest BCUT2D eigenvalue weighted by atomic mass is 10.1. The van der Waals surface area contributed by atoms with Crippen LogP contribution < -0.4 is 5.32 Å². The molecule has 106 valence electrons. The second-order valence-corrected chi connectivity index (χ2v) is 5.03. The van der Waals surface area contributed by atoms with Crippen LogP contribution in [0.4, 0.5) is 5.69 Å². The number of esters is 1. The Morgan fingerprint density at radius 1 is 1.10 bits per heavy atom. The first-order valence-electron chi connectivity index (χ1n) is 6.78. The van der Waals surface area contributed by atoms with Crippen LogP contribution in [0.3, 0.4) is 0 Å². The van der Waals surface area contributed by atoms with Crippen LogP contribution in [0.1, 0.15) is 18.1 Å². The Bertz CT molecular complexity index is 722. The summed E-state index contributed by atoms with van der Waals surface area (Å²) < 4.78 is 4.67. The number of fused-ring (bicyclic) bond motifs is 3. The molecule has 1 aliphatic carbocycles. The molecule has 3 rings (SSSR count). The van der Waals surface area contributed by atoms with E-state index in [1.165, 1.54) is 29.2 Å². The van der Waals surface area contributed by atoms with Gasteiger partial charge in [-0.05, 0) is 40.8 Å². The van der Waals surface area contributed by atoms with Gasteiger partial charge in [-0.3, -0.25) is 9.59 Å². The Labute approximate surface area is 122 Å². The normalized spacial score (nSPS) is 11.5. The van der Waals surface area contributed by atoms with E-state index in [1.54, 1.807) is 0 Å². The van der Waals surface area contributed by atoms with Crippen LogP contribution in [-0.4, -0.2) is 18.5 Å². The van der Waals surface area contributed by atoms with E-state index in [0.717, 1.165) is 12.1 Å². The summed E-state index contributed by atoms with van der Waals surface area (Å²) in [5, 5.41) is 2.74. The van der Waals surface area contributed by atoms with Crippen LogP contribution in [0.15, 0.2) is 42.5 Å². The van der Waals surface area contributed by atoms with Crippen molar-refractivity contribution in [3.8, 4) is 11.1 Å². The van der Waals surface area contributed by atoms with E-state index in [4.69, 9.17) is 0 Å². The predicted molar refractivity (Wildman–Crippen MR) is 79.9 cm³/mol. The van der Waals surface area contributed by atoms with Crippen molar-refractivity contribution in [3.63, 3.8) is 0 Å². The maximum absolute atomic E-state index is 11.6. The zero-order valence-corrected chi connectivity index (χ0v) is 11.7. The molecule has 4 heteroatoms. The highest BCUT2D eigenvalue weighted by molar-refractivity contribution is 5.93. The standard InChI is InChI=1S/C17H15NO3/c1-11(19)21-10-17(20)18-14-6-7-16-13(9-14)8-12-4-2-3-5-15(12)16/h2-7,9H,8,10H2,1H3,(H,18,20). The van der Waals surface area contributed by atoms with E-state index >= 15 is 0 Å². The SMILES string of the molecule is CC(=O)OCC(=O)Nc1ccc2c(c1)Cc1ccccc1-2. The first-order valence-corrected chi connectivity index (χ1v) is 6.78. The number of hydrogen-bond donors (Lipinski definition) is 1. The van der Waals surface area contributed by atoms with Gasteiger partial charge < -0.3 is 10.1 Å². The molecule has 0 aliphatic heterocycles. The van der Waals surface area contributed by atoms with Gasteiger partial charge >= 0.3 is 5.97 Å². The van der Waals surface area contributed by atoms with Crippen molar-refractivity contribution in [2.24, 2.45) is 0 Å². The average Bonchev–Trinajstić information content (AvgIpc) is 2.82. The molecule has 0 saturated heterocycles. The van der Waals surface area contributed by atoms with Crippen molar-refractivity contribution in [1.82, 2.24) is 0 Å². The Hall–Kier alpha value is -2.62. The van der Waals surface area contributed by atoms with Gasteiger partial charge in [0.25, 0.3) is 5.91 Å². The molecule has 1 amide bonds. The number of benzene rings is 2. The number of ether oxygens (including phenoxy) is 1. The molecule has 0 bridgehead atoms. The first-order chi connectivity index (χ1) is 10.1. The smallest absolute Gasteiger partial charge is 0.303 e. The lowest BCUT2D eigenvalue weighted by Crippen LogP contribution is -2.19. The summed E-state index contributed by atoms with van der Waals surface area (Å²) in [7, 11) is 0. The molecule has 0 aromatic heterocycles. The Balaban J connectivity index is 1.75. The van der Waals surface area contributed by atoms with E-state index in [1.807, 2.05) is 30.3 Å². The van der Waals surface area contributed by atoms with Crippen LogP contribution in [0.25, 0.3) is 11.1 Å². The highest BCUT2D eigenvalue weighted by Gasteiger charge is 2.18. The summed E-state index contributed by atoms with van der Waals surface area (Å²) in [5.74, 6) is -0.796. The van der Waals surface area contributed by atoms with E-state index in [9.17, 15) is 9.59 Å². The third-order valence-corrected chi connectivity index (χ3v) is 3.48. The minimum absolute atomic E-state index is 0.257. The number of hydrogen-bond acceptors (Lipinski definition) is 3. The zero-order valence-electron chi connectivity index (χ0n) is 11.7. The van der Waals surface area contributed by atoms with Crippen LogP contribution in [-0.2, 0) is 20.7 Å². The summed E-state index contributed by atoms with van der Waals surface area (Å²) in [4.78, 5) is 22.3. The number of amides is 1. The summed E-state index contributed by atoms with van der Waals surface area (Å²) in [6.07, 6.45) is 0.874. The molecule has 0 saturated carbocycles. The Kier molecular flexibility index (Phi) is 3.44. The predicted octanol–water partition coefficient (Wildman–Crippen LogP) is 2.76. The molecule has 2 aromatic carbocycles. The van der Waals surface area contributed by atoms with Crippen LogP contribution in [0.2, 0.25) is 0 Å². The van der Waals surface area contributed by atoms with Gasteiger partial charge in [-0.25, -0.2) is 0 Å². The van der Waals surface area contributed by atoms with Gasteiger partial charge in [0, 0.05) is 12.6 Å². The number of carbonyl (C=O) groups excluding carboxylic acids is 2. The molecular weight excluding hydrogens is 266 g/mol. The van der Waals surface area contributed by atoms with Crippen molar-refractivity contribution in [2.45, 2.75) is 13.3 Å². The highest BCUT2D eigenvalue weighted by Crippen LogP contribution is 2.37. The molecule has 1 aliphatic rings. The van der Waals surface area contributed by atoms with Crippen molar-refractivity contribution in [3.05, 3.63) is 53.6 Å². The van der Waals surface area contributed by atoms with Crippen LogP contribution in [0.5, 0.6) is 0 Å². The summed E-state index contributed by atoms with van der Waals surface area (Å²) in [5.41, 5.74) is 5.69. The minimum atomic E-state index is -0.463. The van der Waals surface area contributed by atoms with Crippen LogP contribution >= 0.6 is 0 Å². The largest absolute Gasteiger partial charge is 0.456 e. The molecule has 0 radical (unpaired) electrons. The molecule has 2 aromatic rings. The van der Waals surface area contributed by atoms with Gasteiger partial charge in [-0.2, -0.15) is 0 Å². The highest BCUT2D eigenvalue weighted by atomic mass is 16.5. The molecule has 4 nitrogen and oxygen atoms in total. The minimum Gasteiger partial charge on any atom is -0.456 e. The van der Waals surface area contributed by atoms with Crippen molar-refractivity contribution < 1.29 is 14.3 Å². The number of rotatable bonds is 3. The quantitative estimate of drug-likeness (QED) is 0.751. The summed E-state index contributed by atoms with van der Waals surface area (Å²) in [6, 6.07) is 14.2. The maximum Gasteiger partial charge on any atom is 0.303 e. The fourth-order valence-electron chi connectivity index (χ4n) is 2.59. The van der Waals surface area contributed by atoms with Gasteiger partial charge in [0.1, 0.15) is 0 Å². The van der Waals surface area contributed by atoms with E-state index in [-0.39, 0.29) is 12.5 Å². The number of anilines is 1. The Morgan fingerprint density at radius 2 is 1.86 bits per heavy atom. The first kappa shape index (κ1) is 13.4. The van der Waals surface area contributed by atoms with Crippen LogP contribution in [0, 0.1) is 0 Å². The fourth-order valence-corrected chi connectivity index (χ4v) is 2.59. The summed E-state index contributed by atoms with van der Waals surface area (Å²) >= 11 is 0. The van der Waals surface area contributed by atoms with E-state index in [0.29, 0.717) is 0 Å². The molecular formula is C17H15NO3. The lowest BCUT2D eigenvalue weighted by molar-refractivity contribution is -0.144. The van der Waals surface area contributed by atoms with Gasteiger partial charge in [-0.1, -0.05) is 30.3 Å². The van der Waals surface area contributed by atoms with Crippen molar-refractivity contribution >= 4 is 17.6 Å². The maximum atomic E-state index is 11.6. The average molecular weight is 281 g/mol. The van der Waals surface area contributed by atoms with Crippen molar-refractivity contribution in [1.29, 1.82) is 0 Å². The second kappa shape index (κ2) is 5.40. The third-order valence-electron chi connectivity index (χ3n) is 3.48. The molecule has 21 heavy (non-hydrogen) atoms. The topological polar surface area (TPSA) is 55.4 Å². The summed E-state index contributed by atoms with van der Waals surface area (Å²) in [6.45, 7) is 1.02.